The van der Waals surface area contributed by atoms with E-state index in [9.17, 15) is 0 Å². The molecule has 0 spiro atoms. The summed E-state index contributed by atoms with van der Waals surface area (Å²) >= 11 is 11.6. The van der Waals surface area contributed by atoms with Crippen LogP contribution >= 0.6 is 38.9 Å². The first-order valence-corrected chi connectivity index (χ1v) is 8.40. The Morgan fingerprint density at radius 1 is 1.40 bits per heavy atom. The first-order valence-electron chi connectivity index (χ1n) is 6.41. The Balaban J connectivity index is 1.87. The maximum absolute atomic E-state index is 8.87. The monoisotopic (exact) mass is 366 g/mol. The second-order valence-corrected chi connectivity index (χ2v) is 7.75. The van der Waals surface area contributed by atoms with Crippen molar-refractivity contribution >= 4 is 44.6 Å². The topological polar surface area (TPSA) is 35.8 Å². The van der Waals surface area contributed by atoms with Crippen LogP contribution < -0.4 is 5.32 Å². The molecule has 1 aliphatic carbocycles. The van der Waals surface area contributed by atoms with Gasteiger partial charge in [0.15, 0.2) is 0 Å². The molecule has 102 valence electrons. The summed E-state index contributed by atoms with van der Waals surface area (Å²) in [4.78, 5) is 1.45. The van der Waals surface area contributed by atoms with Gasteiger partial charge in [0.2, 0.25) is 0 Å². The predicted octanol–water partition coefficient (Wildman–Crippen LogP) is 5.53. The Morgan fingerprint density at radius 2 is 2.25 bits per heavy atom. The van der Waals surface area contributed by atoms with Gasteiger partial charge in [-0.15, -0.1) is 11.3 Å². The number of nitriles is 1. The molecule has 1 aromatic heterocycles. The second kappa shape index (κ2) is 5.77. The average molecular weight is 368 g/mol. The normalized spacial score (nSPS) is 17.4. The van der Waals surface area contributed by atoms with Gasteiger partial charge in [0, 0.05) is 4.88 Å². The third-order valence-corrected chi connectivity index (χ3v) is 5.54. The lowest BCUT2D eigenvalue weighted by molar-refractivity contribution is 0.609. The number of nitrogens with one attached hydrogen (secondary N) is 1. The summed E-state index contributed by atoms with van der Waals surface area (Å²) in [5.74, 6) is 0. The summed E-state index contributed by atoms with van der Waals surface area (Å²) in [7, 11) is 0. The molecule has 1 aliphatic rings. The fourth-order valence-corrected chi connectivity index (χ4v) is 4.62. The van der Waals surface area contributed by atoms with Crippen molar-refractivity contribution in [2.24, 2.45) is 0 Å². The van der Waals surface area contributed by atoms with Crippen molar-refractivity contribution in [2.45, 2.75) is 25.3 Å². The lowest BCUT2D eigenvalue weighted by atomic mass is 9.94. The molecule has 1 unspecified atom stereocenters. The molecule has 5 heteroatoms. The quantitative estimate of drug-likeness (QED) is 0.758. The van der Waals surface area contributed by atoms with Crippen LogP contribution in [0.25, 0.3) is 0 Å². The van der Waals surface area contributed by atoms with E-state index in [-0.39, 0.29) is 0 Å². The molecule has 3 rings (SSSR count). The number of nitrogens with zero attached hydrogens (tertiary/aromatic N) is 1. The Kier molecular flexibility index (Phi) is 4.02. The molecule has 20 heavy (non-hydrogen) atoms. The standard InChI is InChI=1S/C15H12BrClN2S/c16-15-7-10-12(2-1-3-14(10)20-15)19-13-5-4-9(8-18)6-11(13)17/h4-7,12,19H,1-3H2. The van der Waals surface area contributed by atoms with Crippen molar-refractivity contribution in [1.29, 1.82) is 5.26 Å². The van der Waals surface area contributed by atoms with Gasteiger partial charge in [-0.25, -0.2) is 0 Å². The number of aryl methyl sites for hydroxylation is 1. The zero-order valence-corrected chi connectivity index (χ0v) is 13.8. The van der Waals surface area contributed by atoms with E-state index < -0.39 is 0 Å². The summed E-state index contributed by atoms with van der Waals surface area (Å²) < 4.78 is 1.18. The number of fused-ring (bicyclic) bond motifs is 1. The van der Waals surface area contributed by atoms with E-state index >= 15 is 0 Å². The molecule has 0 amide bonds. The SMILES string of the molecule is N#Cc1ccc(NC2CCCc3sc(Br)cc32)c(Cl)c1. The van der Waals surface area contributed by atoms with Gasteiger partial charge in [-0.2, -0.15) is 5.26 Å². The molecule has 1 N–H and O–H groups in total. The molecular formula is C15H12BrClN2S. The van der Waals surface area contributed by atoms with Gasteiger partial charge in [0.1, 0.15) is 0 Å². The minimum atomic E-state index is 0.298. The maximum Gasteiger partial charge on any atom is 0.0992 e. The van der Waals surface area contributed by atoms with E-state index in [4.69, 9.17) is 16.9 Å². The number of hydrogen-bond acceptors (Lipinski definition) is 3. The predicted molar refractivity (Wildman–Crippen MR) is 87.5 cm³/mol. The first-order chi connectivity index (χ1) is 9.67. The minimum absolute atomic E-state index is 0.298. The Bertz CT molecular complexity index is 690. The zero-order chi connectivity index (χ0) is 14.1. The maximum atomic E-state index is 8.87. The third kappa shape index (κ3) is 2.71. The molecular weight excluding hydrogens is 356 g/mol. The van der Waals surface area contributed by atoms with Gasteiger partial charge in [0.25, 0.3) is 0 Å². The Morgan fingerprint density at radius 3 is 3.00 bits per heavy atom. The number of halogens is 2. The minimum Gasteiger partial charge on any atom is -0.377 e. The smallest absolute Gasteiger partial charge is 0.0992 e. The van der Waals surface area contributed by atoms with Crippen molar-refractivity contribution in [2.75, 3.05) is 5.32 Å². The van der Waals surface area contributed by atoms with Crippen LogP contribution in [0.5, 0.6) is 0 Å². The molecule has 0 saturated heterocycles. The molecule has 2 aromatic rings. The molecule has 0 fully saturated rings. The van der Waals surface area contributed by atoms with Crippen LogP contribution in [0.15, 0.2) is 28.1 Å². The van der Waals surface area contributed by atoms with E-state index in [1.54, 1.807) is 12.1 Å². The van der Waals surface area contributed by atoms with Crippen LogP contribution in [0.1, 0.15) is 34.9 Å². The molecule has 1 aromatic carbocycles. The highest BCUT2D eigenvalue weighted by atomic mass is 79.9. The summed E-state index contributed by atoms with van der Waals surface area (Å²) in [5.41, 5.74) is 2.85. The van der Waals surface area contributed by atoms with Crippen LogP contribution in [0.2, 0.25) is 5.02 Å². The summed E-state index contributed by atoms with van der Waals surface area (Å²) in [6.45, 7) is 0. The average Bonchev–Trinajstić information content (AvgIpc) is 2.82. The Labute approximate surface area is 135 Å². The van der Waals surface area contributed by atoms with Crippen molar-refractivity contribution < 1.29 is 0 Å². The fraction of sp³-hybridized carbons (Fsp3) is 0.267. The van der Waals surface area contributed by atoms with Gasteiger partial charge >= 0.3 is 0 Å². The van der Waals surface area contributed by atoms with E-state index in [1.807, 2.05) is 17.4 Å². The largest absolute Gasteiger partial charge is 0.377 e. The van der Waals surface area contributed by atoms with Crippen molar-refractivity contribution in [1.82, 2.24) is 0 Å². The molecule has 0 saturated carbocycles. The summed E-state index contributed by atoms with van der Waals surface area (Å²) in [5, 5.41) is 13.0. The van der Waals surface area contributed by atoms with Gasteiger partial charge in [-0.1, -0.05) is 11.6 Å². The highest BCUT2D eigenvalue weighted by molar-refractivity contribution is 9.11. The lowest BCUT2D eigenvalue weighted by Crippen LogP contribution is -2.15. The van der Waals surface area contributed by atoms with Crippen LogP contribution in [-0.4, -0.2) is 0 Å². The Hall–Kier alpha value is -1.02. The molecule has 2 nitrogen and oxygen atoms in total. The highest BCUT2D eigenvalue weighted by Crippen LogP contribution is 2.40. The van der Waals surface area contributed by atoms with E-state index in [2.05, 4.69) is 33.4 Å². The first kappa shape index (κ1) is 13.9. The van der Waals surface area contributed by atoms with E-state index in [1.165, 1.54) is 20.6 Å². The van der Waals surface area contributed by atoms with E-state index in [0.717, 1.165) is 18.5 Å². The fourth-order valence-electron chi connectivity index (χ4n) is 2.56. The number of thiophene rings is 1. The molecule has 1 atom stereocenters. The van der Waals surface area contributed by atoms with Crippen LogP contribution in [-0.2, 0) is 6.42 Å². The zero-order valence-electron chi connectivity index (χ0n) is 10.6. The summed E-state index contributed by atoms with van der Waals surface area (Å²) in [6.07, 6.45) is 3.45. The van der Waals surface area contributed by atoms with Crippen molar-refractivity contribution in [3.63, 3.8) is 0 Å². The van der Waals surface area contributed by atoms with E-state index in [0.29, 0.717) is 16.6 Å². The van der Waals surface area contributed by atoms with Gasteiger partial charge < -0.3 is 5.32 Å². The number of hydrogen-bond donors (Lipinski definition) is 1. The number of benzene rings is 1. The van der Waals surface area contributed by atoms with Crippen molar-refractivity contribution in [3.8, 4) is 6.07 Å². The van der Waals surface area contributed by atoms with Crippen molar-refractivity contribution in [3.05, 3.63) is 49.1 Å². The molecule has 0 radical (unpaired) electrons. The molecule has 1 heterocycles. The van der Waals surface area contributed by atoms with Crippen LogP contribution in [0.4, 0.5) is 5.69 Å². The lowest BCUT2D eigenvalue weighted by Gasteiger charge is -2.25. The number of anilines is 1. The molecule has 0 bridgehead atoms. The molecule has 0 aliphatic heterocycles. The van der Waals surface area contributed by atoms with Crippen LogP contribution in [0.3, 0.4) is 0 Å². The third-order valence-electron chi connectivity index (χ3n) is 3.51. The second-order valence-electron chi connectivity index (χ2n) is 4.82. The summed E-state index contributed by atoms with van der Waals surface area (Å²) in [6, 6.07) is 9.99. The van der Waals surface area contributed by atoms with Crippen LogP contribution in [0, 0.1) is 11.3 Å². The highest BCUT2D eigenvalue weighted by Gasteiger charge is 2.23. The van der Waals surface area contributed by atoms with Gasteiger partial charge in [0.05, 0.1) is 32.2 Å². The number of rotatable bonds is 2. The van der Waals surface area contributed by atoms with Gasteiger partial charge in [-0.05, 0) is 65.0 Å². The van der Waals surface area contributed by atoms with Gasteiger partial charge in [-0.3, -0.25) is 0 Å².